The summed E-state index contributed by atoms with van der Waals surface area (Å²) in [6.07, 6.45) is 0.186. The van der Waals surface area contributed by atoms with Crippen molar-refractivity contribution in [1.82, 2.24) is 9.97 Å². The fourth-order valence-electron chi connectivity index (χ4n) is 3.43. The summed E-state index contributed by atoms with van der Waals surface area (Å²) in [5, 5.41) is 2.02. The summed E-state index contributed by atoms with van der Waals surface area (Å²) in [6, 6.07) is 11.6. The number of fused-ring (bicyclic) bond motifs is 3. The number of nitrogens with zero attached hydrogens (tertiary/aromatic N) is 2. The van der Waals surface area contributed by atoms with E-state index in [1.165, 1.54) is 0 Å². The molecule has 0 saturated carbocycles. The summed E-state index contributed by atoms with van der Waals surface area (Å²) in [6.45, 7) is 9.74. The second-order valence-electron chi connectivity index (χ2n) is 7.85. The summed E-state index contributed by atoms with van der Waals surface area (Å²) in [4.78, 5) is 9.07. The highest BCUT2D eigenvalue weighted by atomic mass is 16.3. The molecule has 0 bridgehead atoms. The average Bonchev–Trinajstić information content (AvgIpc) is 2.99. The SMILES string of the molecule is [2H]C([2H])(c1ccnc(-c2cccc3c2oc2nc(C)cc(C)c23)c1)C(C)(C)C. The van der Waals surface area contributed by atoms with Gasteiger partial charge in [0, 0.05) is 25.6 Å². The van der Waals surface area contributed by atoms with Gasteiger partial charge in [0.1, 0.15) is 5.58 Å². The molecule has 4 rings (SSSR count). The highest BCUT2D eigenvalue weighted by molar-refractivity contribution is 6.09. The minimum absolute atomic E-state index is 0.532. The molecule has 0 fully saturated rings. The Kier molecular flexibility index (Phi) is 3.31. The lowest BCUT2D eigenvalue weighted by Gasteiger charge is -2.18. The van der Waals surface area contributed by atoms with Gasteiger partial charge in [-0.3, -0.25) is 4.98 Å². The second-order valence-corrected chi connectivity index (χ2v) is 7.85. The van der Waals surface area contributed by atoms with Crippen LogP contribution in [0.4, 0.5) is 0 Å². The highest BCUT2D eigenvalue weighted by Gasteiger charge is 2.17. The lowest BCUT2D eigenvalue weighted by atomic mass is 9.88. The van der Waals surface area contributed by atoms with Crippen LogP contribution in [0.2, 0.25) is 0 Å². The molecule has 132 valence electrons. The molecule has 3 heterocycles. The van der Waals surface area contributed by atoms with Gasteiger partial charge in [0.2, 0.25) is 5.71 Å². The maximum atomic E-state index is 8.59. The summed E-state index contributed by atoms with van der Waals surface area (Å²) in [5.74, 6) is 0. The van der Waals surface area contributed by atoms with Crippen LogP contribution in [0.15, 0.2) is 47.0 Å². The maximum absolute atomic E-state index is 8.59. The molecule has 0 aliphatic carbocycles. The number of para-hydroxylation sites is 1. The van der Waals surface area contributed by atoms with Crippen molar-refractivity contribution in [1.29, 1.82) is 0 Å². The largest absolute Gasteiger partial charge is 0.437 e. The van der Waals surface area contributed by atoms with E-state index < -0.39 is 11.8 Å². The Hall–Kier alpha value is -2.68. The number of hydrogen-bond acceptors (Lipinski definition) is 3. The number of aromatic nitrogens is 2. The fourth-order valence-corrected chi connectivity index (χ4v) is 3.43. The predicted molar refractivity (Wildman–Crippen MR) is 107 cm³/mol. The van der Waals surface area contributed by atoms with E-state index >= 15 is 0 Å². The Morgan fingerprint density at radius 2 is 1.92 bits per heavy atom. The van der Waals surface area contributed by atoms with Crippen LogP contribution in [0.1, 0.15) is 40.3 Å². The van der Waals surface area contributed by atoms with Gasteiger partial charge < -0.3 is 4.42 Å². The topological polar surface area (TPSA) is 38.9 Å². The lowest BCUT2D eigenvalue weighted by Crippen LogP contribution is -2.09. The maximum Gasteiger partial charge on any atom is 0.227 e. The van der Waals surface area contributed by atoms with Crippen molar-refractivity contribution >= 4 is 22.1 Å². The predicted octanol–water partition coefficient (Wildman–Crippen LogP) is 6.25. The Balaban J connectivity index is 1.96. The summed E-state index contributed by atoms with van der Waals surface area (Å²) < 4.78 is 23.3. The van der Waals surface area contributed by atoms with Crippen molar-refractivity contribution in [2.75, 3.05) is 0 Å². The molecule has 3 nitrogen and oxygen atoms in total. The molecule has 0 spiro atoms. The minimum Gasteiger partial charge on any atom is -0.437 e. The number of hydrogen-bond donors (Lipinski definition) is 0. The molecule has 0 aliphatic heterocycles. The molecule has 3 aromatic heterocycles. The van der Waals surface area contributed by atoms with Crippen LogP contribution in [-0.4, -0.2) is 9.97 Å². The van der Waals surface area contributed by atoms with Gasteiger partial charge in [-0.05, 0) is 61.0 Å². The first-order chi connectivity index (χ1) is 13.1. The molecule has 4 aromatic rings. The molecule has 0 amide bonds. The van der Waals surface area contributed by atoms with E-state index in [-0.39, 0.29) is 0 Å². The van der Waals surface area contributed by atoms with Crippen LogP contribution in [0.25, 0.3) is 33.3 Å². The molecule has 0 aliphatic rings. The van der Waals surface area contributed by atoms with Gasteiger partial charge in [-0.15, -0.1) is 0 Å². The van der Waals surface area contributed by atoms with Crippen molar-refractivity contribution in [3.63, 3.8) is 0 Å². The third-order valence-corrected chi connectivity index (χ3v) is 4.35. The molecule has 0 unspecified atom stereocenters. The Morgan fingerprint density at radius 1 is 1.12 bits per heavy atom. The van der Waals surface area contributed by atoms with Crippen LogP contribution in [0, 0.1) is 19.3 Å². The average molecular weight is 346 g/mol. The first kappa shape index (κ1) is 14.5. The third-order valence-electron chi connectivity index (χ3n) is 4.35. The van der Waals surface area contributed by atoms with E-state index in [0.29, 0.717) is 17.0 Å². The summed E-state index contributed by atoms with van der Waals surface area (Å²) >= 11 is 0. The smallest absolute Gasteiger partial charge is 0.227 e. The highest BCUT2D eigenvalue weighted by Crippen LogP contribution is 2.36. The molecule has 0 N–H and O–H groups in total. The first-order valence-corrected chi connectivity index (χ1v) is 8.86. The second kappa shape index (κ2) is 5.94. The van der Waals surface area contributed by atoms with Crippen LogP contribution >= 0.6 is 0 Å². The normalized spacial score (nSPS) is 13.9. The Labute approximate surface area is 156 Å². The molecular formula is C23H24N2O. The van der Waals surface area contributed by atoms with Gasteiger partial charge >= 0.3 is 0 Å². The zero-order chi connectivity index (χ0) is 20.3. The molecular weight excluding hydrogens is 320 g/mol. The zero-order valence-electron chi connectivity index (χ0n) is 17.8. The quantitative estimate of drug-likeness (QED) is 0.431. The standard InChI is InChI=1S/C23H24N2O/c1-14-11-15(2)25-22-20(14)18-8-6-7-17(21(18)26-22)19-12-16(9-10-24-19)13-23(3,4)5/h6-12H,13H2,1-5H3/i13D2. The van der Waals surface area contributed by atoms with E-state index in [1.54, 1.807) is 12.3 Å². The van der Waals surface area contributed by atoms with Gasteiger partial charge in [0.15, 0.2) is 0 Å². The number of pyridine rings is 2. The van der Waals surface area contributed by atoms with Gasteiger partial charge in [-0.2, -0.15) is 0 Å². The van der Waals surface area contributed by atoms with E-state index in [1.807, 2.05) is 52.0 Å². The van der Waals surface area contributed by atoms with Crippen molar-refractivity contribution in [3.05, 3.63) is 59.4 Å². The van der Waals surface area contributed by atoms with E-state index in [9.17, 15) is 0 Å². The van der Waals surface area contributed by atoms with E-state index in [4.69, 9.17) is 7.16 Å². The molecule has 0 atom stereocenters. The van der Waals surface area contributed by atoms with Crippen molar-refractivity contribution in [3.8, 4) is 11.3 Å². The monoisotopic (exact) mass is 346 g/mol. The Morgan fingerprint density at radius 3 is 2.69 bits per heavy atom. The fraction of sp³-hybridized carbons (Fsp3) is 0.304. The molecule has 0 radical (unpaired) electrons. The summed E-state index contributed by atoms with van der Waals surface area (Å²) in [5.41, 5.74) is 5.04. The molecule has 1 aromatic carbocycles. The third kappa shape index (κ3) is 2.98. The van der Waals surface area contributed by atoms with Crippen molar-refractivity contribution in [2.45, 2.75) is 41.0 Å². The van der Waals surface area contributed by atoms with Gasteiger partial charge in [-0.1, -0.05) is 32.9 Å². The lowest BCUT2D eigenvalue weighted by molar-refractivity contribution is 0.411. The van der Waals surface area contributed by atoms with Crippen molar-refractivity contribution in [2.24, 2.45) is 5.41 Å². The van der Waals surface area contributed by atoms with Crippen LogP contribution in [0.5, 0.6) is 0 Å². The zero-order valence-corrected chi connectivity index (χ0v) is 15.8. The molecule has 3 heteroatoms. The first-order valence-electron chi connectivity index (χ1n) is 9.86. The number of furan rings is 1. The van der Waals surface area contributed by atoms with Crippen LogP contribution in [0.3, 0.4) is 0 Å². The van der Waals surface area contributed by atoms with Gasteiger partial charge in [-0.25, -0.2) is 4.98 Å². The van der Waals surface area contributed by atoms with E-state index in [0.717, 1.165) is 33.2 Å². The molecule has 0 saturated heterocycles. The Bertz CT molecular complexity index is 1200. The van der Waals surface area contributed by atoms with Crippen LogP contribution < -0.4 is 0 Å². The van der Waals surface area contributed by atoms with Crippen molar-refractivity contribution < 1.29 is 7.16 Å². The van der Waals surface area contributed by atoms with E-state index in [2.05, 4.69) is 23.0 Å². The number of rotatable bonds is 2. The van der Waals surface area contributed by atoms with Gasteiger partial charge in [0.25, 0.3) is 0 Å². The minimum atomic E-state index is -1.48. The van der Waals surface area contributed by atoms with Gasteiger partial charge in [0.05, 0.1) is 11.1 Å². The number of aryl methyl sites for hydroxylation is 2. The molecule has 26 heavy (non-hydrogen) atoms. The summed E-state index contributed by atoms with van der Waals surface area (Å²) in [7, 11) is 0. The van der Waals surface area contributed by atoms with Crippen LogP contribution in [-0.2, 0) is 6.37 Å². The number of benzene rings is 1.